The molecule has 9 nitrogen and oxygen atoms in total. The van der Waals surface area contributed by atoms with Gasteiger partial charge in [0.1, 0.15) is 5.57 Å². The molecule has 4 amide bonds. The zero-order valence-electron chi connectivity index (χ0n) is 15.5. The van der Waals surface area contributed by atoms with Gasteiger partial charge in [-0.1, -0.05) is 6.07 Å². The van der Waals surface area contributed by atoms with E-state index in [0.717, 1.165) is 16.0 Å². The molecule has 0 N–H and O–H groups in total. The van der Waals surface area contributed by atoms with E-state index in [2.05, 4.69) is 9.97 Å². The molecule has 1 aliphatic heterocycles. The molecule has 0 spiro atoms. The molecule has 1 aromatic carbocycles. The quantitative estimate of drug-likeness (QED) is 0.425. The minimum atomic E-state index is -0.822. The van der Waals surface area contributed by atoms with E-state index in [0.29, 0.717) is 5.56 Å². The molecule has 0 bridgehead atoms. The Morgan fingerprint density at radius 3 is 2.38 bits per heavy atom. The van der Waals surface area contributed by atoms with Crippen LogP contribution >= 0.6 is 11.6 Å². The van der Waals surface area contributed by atoms with E-state index in [1.807, 2.05) is 0 Å². The molecule has 150 valence electrons. The third kappa shape index (κ3) is 3.87. The van der Waals surface area contributed by atoms with Crippen LogP contribution < -0.4 is 9.47 Å². The second kappa shape index (κ2) is 7.84. The molecule has 11 heteroatoms. The fourth-order valence-electron chi connectivity index (χ4n) is 2.51. The molecule has 0 unspecified atom stereocenters. The molecule has 1 saturated heterocycles. The van der Waals surface area contributed by atoms with Crippen LogP contribution in [0.3, 0.4) is 0 Å². The summed E-state index contributed by atoms with van der Waals surface area (Å²) in [6, 6.07) is 3.71. The number of ether oxygens (including phenoxy) is 2. The van der Waals surface area contributed by atoms with Crippen LogP contribution in [0.15, 0.2) is 30.0 Å². The predicted molar refractivity (Wildman–Crippen MR) is 99.0 cm³/mol. The van der Waals surface area contributed by atoms with Crippen molar-refractivity contribution >= 4 is 35.5 Å². The Bertz CT molecular complexity index is 1030. The minimum Gasteiger partial charge on any atom is -0.493 e. The number of hydrogen-bond donors (Lipinski definition) is 0. The van der Waals surface area contributed by atoms with Gasteiger partial charge in [-0.15, -0.1) is 0 Å². The number of nitrogens with zero attached hydrogens (tertiary/aromatic N) is 4. The van der Waals surface area contributed by atoms with Gasteiger partial charge in [0.05, 0.1) is 13.3 Å². The zero-order valence-corrected chi connectivity index (χ0v) is 16.2. The standard InChI is InChI=1S/C18H14ClFN4O5/c1-23-15(25)10(16(26)24(2)18(23)27)6-9-4-5-12(13(7-9)28-3)29-14-11(20)8-21-17(19)22-14/h4-8H,1-3H3. The third-order valence-corrected chi connectivity index (χ3v) is 4.21. The molecular weight excluding hydrogens is 407 g/mol. The normalized spacial score (nSPS) is 14.4. The summed E-state index contributed by atoms with van der Waals surface area (Å²) in [4.78, 5) is 45.2. The van der Waals surface area contributed by atoms with Crippen molar-refractivity contribution in [3.63, 3.8) is 0 Å². The zero-order chi connectivity index (χ0) is 21.3. The highest BCUT2D eigenvalue weighted by Crippen LogP contribution is 2.33. The van der Waals surface area contributed by atoms with Gasteiger partial charge in [-0.2, -0.15) is 9.37 Å². The third-order valence-electron chi connectivity index (χ3n) is 4.03. The lowest BCUT2D eigenvalue weighted by molar-refractivity contribution is -0.134. The van der Waals surface area contributed by atoms with Crippen LogP contribution in [0.2, 0.25) is 5.28 Å². The number of urea groups is 1. The lowest BCUT2D eigenvalue weighted by atomic mass is 10.1. The predicted octanol–water partition coefficient (Wildman–Crippen LogP) is 2.50. The number of barbiturate groups is 1. The number of aromatic nitrogens is 2. The Balaban J connectivity index is 1.95. The molecule has 2 heterocycles. The Morgan fingerprint density at radius 2 is 1.76 bits per heavy atom. The first-order chi connectivity index (χ1) is 13.7. The summed E-state index contributed by atoms with van der Waals surface area (Å²) in [5.74, 6) is -2.37. The summed E-state index contributed by atoms with van der Waals surface area (Å²) >= 11 is 5.65. The van der Waals surface area contributed by atoms with Crippen LogP contribution in [0.1, 0.15) is 5.56 Å². The van der Waals surface area contributed by atoms with Crippen LogP contribution in [-0.2, 0) is 9.59 Å². The second-order valence-electron chi connectivity index (χ2n) is 5.87. The van der Waals surface area contributed by atoms with E-state index < -0.39 is 29.5 Å². The van der Waals surface area contributed by atoms with Crippen LogP contribution in [0.4, 0.5) is 9.18 Å². The maximum atomic E-state index is 13.8. The van der Waals surface area contributed by atoms with E-state index in [1.165, 1.54) is 45.5 Å². The largest absolute Gasteiger partial charge is 0.493 e. The van der Waals surface area contributed by atoms with Crippen molar-refractivity contribution < 1.29 is 28.2 Å². The van der Waals surface area contributed by atoms with Crippen molar-refractivity contribution in [2.75, 3.05) is 21.2 Å². The smallest absolute Gasteiger partial charge is 0.333 e. The maximum Gasteiger partial charge on any atom is 0.333 e. The SMILES string of the molecule is COc1cc(C=C2C(=O)N(C)C(=O)N(C)C2=O)ccc1Oc1nc(Cl)ncc1F. The van der Waals surface area contributed by atoms with Crippen LogP contribution in [-0.4, -0.2) is 58.8 Å². The number of amides is 4. The van der Waals surface area contributed by atoms with Gasteiger partial charge in [-0.05, 0) is 35.4 Å². The number of hydrogen-bond acceptors (Lipinski definition) is 7. The summed E-state index contributed by atoms with van der Waals surface area (Å²) in [6.07, 6.45) is 2.18. The highest BCUT2D eigenvalue weighted by molar-refractivity contribution is 6.30. The molecule has 1 fully saturated rings. The monoisotopic (exact) mass is 420 g/mol. The van der Waals surface area contributed by atoms with E-state index in [-0.39, 0.29) is 22.4 Å². The van der Waals surface area contributed by atoms with Crippen LogP contribution in [0.5, 0.6) is 17.4 Å². The number of carbonyl (C=O) groups excluding carboxylic acids is 3. The minimum absolute atomic E-state index is 0.119. The van der Waals surface area contributed by atoms with Crippen LogP contribution in [0, 0.1) is 5.82 Å². The second-order valence-corrected chi connectivity index (χ2v) is 6.21. The van der Waals surface area contributed by atoms with Gasteiger partial charge in [0.15, 0.2) is 11.5 Å². The highest BCUT2D eigenvalue weighted by atomic mass is 35.5. The molecule has 0 radical (unpaired) electrons. The van der Waals surface area contributed by atoms with Gasteiger partial charge >= 0.3 is 6.03 Å². The molecular formula is C18H14ClFN4O5. The fraction of sp³-hybridized carbons (Fsp3) is 0.167. The number of rotatable bonds is 4. The van der Waals surface area contributed by atoms with Gasteiger partial charge in [0.2, 0.25) is 11.1 Å². The first kappa shape index (κ1) is 20.2. The van der Waals surface area contributed by atoms with E-state index >= 15 is 0 Å². The summed E-state index contributed by atoms with van der Waals surface area (Å²) in [6.45, 7) is 0. The molecule has 0 atom stereocenters. The van der Waals surface area contributed by atoms with Crippen molar-refractivity contribution in [2.24, 2.45) is 0 Å². The van der Waals surface area contributed by atoms with Crippen molar-refractivity contribution in [3.8, 4) is 17.4 Å². The highest BCUT2D eigenvalue weighted by Gasteiger charge is 2.37. The number of carbonyl (C=O) groups is 3. The number of halogens is 2. The molecule has 3 rings (SSSR count). The van der Waals surface area contributed by atoms with E-state index in [1.54, 1.807) is 0 Å². The average Bonchev–Trinajstić information content (AvgIpc) is 2.71. The fourth-order valence-corrected chi connectivity index (χ4v) is 2.63. The van der Waals surface area contributed by atoms with E-state index in [9.17, 15) is 18.8 Å². The lowest BCUT2D eigenvalue weighted by Crippen LogP contribution is -2.52. The topological polar surface area (TPSA) is 102 Å². The summed E-state index contributed by atoms with van der Waals surface area (Å²) in [5.41, 5.74) is 0.224. The summed E-state index contributed by atoms with van der Waals surface area (Å²) in [5, 5.41) is -0.196. The lowest BCUT2D eigenvalue weighted by Gasteiger charge is -2.28. The van der Waals surface area contributed by atoms with Crippen molar-refractivity contribution in [3.05, 3.63) is 46.6 Å². The number of likely N-dealkylation sites (N-methyl/N-ethyl adjacent to an activating group) is 2. The van der Waals surface area contributed by atoms with Crippen molar-refractivity contribution in [1.29, 1.82) is 0 Å². The Hall–Kier alpha value is -3.53. The van der Waals surface area contributed by atoms with E-state index in [4.69, 9.17) is 21.1 Å². The van der Waals surface area contributed by atoms with Gasteiger partial charge in [-0.3, -0.25) is 19.4 Å². The Kier molecular flexibility index (Phi) is 5.46. The van der Waals surface area contributed by atoms with Crippen molar-refractivity contribution in [1.82, 2.24) is 19.8 Å². The summed E-state index contributed by atoms with van der Waals surface area (Å²) < 4.78 is 24.4. The van der Waals surface area contributed by atoms with Crippen molar-refractivity contribution in [2.45, 2.75) is 0 Å². The van der Waals surface area contributed by atoms with Gasteiger partial charge < -0.3 is 9.47 Å². The summed E-state index contributed by atoms with van der Waals surface area (Å²) in [7, 11) is 3.92. The molecule has 1 aliphatic rings. The molecule has 29 heavy (non-hydrogen) atoms. The number of imide groups is 2. The maximum absolute atomic E-state index is 13.8. The Morgan fingerprint density at radius 1 is 1.10 bits per heavy atom. The molecule has 2 aromatic rings. The van der Waals surface area contributed by atoms with Gasteiger partial charge in [0.25, 0.3) is 17.7 Å². The van der Waals surface area contributed by atoms with Gasteiger partial charge in [0, 0.05) is 14.1 Å². The first-order valence-electron chi connectivity index (χ1n) is 8.08. The Labute approximate surface area is 169 Å². The molecule has 1 aromatic heterocycles. The average molecular weight is 421 g/mol. The molecule has 0 aliphatic carbocycles. The number of methoxy groups -OCH3 is 1. The number of benzene rings is 1. The first-order valence-corrected chi connectivity index (χ1v) is 8.46. The van der Waals surface area contributed by atoms with Crippen LogP contribution in [0.25, 0.3) is 6.08 Å². The van der Waals surface area contributed by atoms with Gasteiger partial charge in [-0.25, -0.2) is 9.78 Å². The molecule has 0 saturated carbocycles.